The average molecular weight is 480 g/mol. The second kappa shape index (κ2) is 9.24. The van der Waals surface area contributed by atoms with E-state index in [1.807, 2.05) is 47.0 Å². The number of nitrogens with one attached hydrogen (secondary N) is 1. The molecule has 168 valence electrons. The summed E-state index contributed by atoms with van der Waals surface area (Å²) in [6.45, 7) is 0.442. The molecule has 10 heteroatoms. The lowest BCUT2D eigenvalue weighted by Gasteiger charge is -2.09. The number of aryl methyl sites for hydroxylation is 1. The maximum absolute atomic E-state index is 12.7. The molecule has 0 fully saturated rings. The molecule has 0 unspecified atom stereocenters. The van der Waals surface area contributed by atoms with Crippen LogP contribution in [0.1, 0.15) is 33.0 Å². The van der Waals surface area contributed by atoms with Crippen molar-refractivity contribution in [3.05, 3.63) is 70.5 Å². The summed E-state index contributed by atoms with van der Waals surface area (Å²) in [6, 6.07) is 13.5. The maximum atomic E-state index is 12.7. The minimum atomic E-state index is -0.497. The lowest BCUT2D eigenvalue weighted by molar-refractivity contribution is -0.113. The number of furan rings is 1. The number of hydrogen-bond donors (Lipinski definition) is 2. The molecule has 0 saturated heterocycles. The lowest BCUT2D eigenvalue weighted by atomic mass is 10.1. The number of nitrogens with two attached hydrogens (primary N) is 1. The molecule has 0 spiro atoms. The molecular formula is C23H21N5O3S2. The number of thioether (sulfide) groups is 1. The predicted molar refractivity (Wildman–Crippen MR) is 127 cm³/mol. The van der Waals surface area contributed by atoms with Crippen LogP contribution in [-0.4, -0.2) is 32.3 Å². The number of fused-ring (bicyclic) bond motifs is 1. The largest absolute Gasteiger partial charge is 0.467 e. The van der Waals surface area contributed by atoms with Crippen molar-refractivity contribution in [2.75, 3.05) is 11.1 Å². The van der Waals surface area contributed by atoms with Crippen molar-refractivity contribution in [3.63, 3.8) is 0 Å². The Labute approximate surface area is 198 Å². The highest BCUT2D eigenvalue weighted by Gasteiger charge is 2.26. The number of carbonyl (C=O) groups is 2. The fourth-order valence-electron chi connectivity index (χ4n) is 3.94. The van der Waals surface area contributed by atoms with E-state index in [1.54, 1.807) is 6.26 Å². The molecule has 33 heavy (non-hydrogen) atoms. The number of thiophene rings is 1. The van der Waals surface area contributed by atoms with Gasteiger partial charge in [-0.3, -0.25) is 14.2 Å². The lowest BCUT2D eigenvalue weighted by Crippen LogP contribution is -2.19. The molecule has 3 N–H and O–H groups in total. The summed E-state index contributed by atoms with van der Waals surface area (Å²) >= 11 is 2.73. The van der Waals surface area contributed by atoms with E-state index in [2.05, 4.69) is 15.5 Å². The predicted octanol–water partition coefficient (Wildman–Crippen LogP) is 3.97. The zero-order valence-electron chi connectivity index (χ0n) is 17.6. The van der Waals surface area contributed by atoms with E-state index in [4.69, 9.17) is 10.2 Å². The zero-order valence-corrected chi connectivity index (χ0v) is 19.2. The Morgan fingerprint density at radius 3 is 2.76 bits per heavy atom. The highest BCUT2D eigenvalue weighted by Crippen LogP contribution is 2.39. The summed E-state index contributed by atoms with van der Waals surface area (Å²) < 4.78 is 7.45. The molecule has 5 rings (SSSR count). The second-order valence-corrected chi connectivity index (χ2v) is 9.65. The topological polar surface area (TPSA) is 116 Å². The van der Waals surface area contributed by atoms with Crippen LogP contribution in [-0.2, 0) is 24.2 Å². The van der Waals surface area contributed by atoms with Crippen molar-refractivity contribution in [1.29, 1.82) is 0 Å². The summed E-state index contributed by atoms with van der Waals surface area (Å²) in [7, 11) is 0. The number of carbonyl (C=O) groups excluding carboxylic acids is 2. The third-order valence-electron chi connectivity index (χ3n) is 5.40. The molecule has 0 saturated carbocycles. The van der Waals surface area contributed by atoms with E-state index in [0.29, 0.717) is 28.1 Å². The monoisotopic (exact) mass is 479 g/mol. The van der Waals surface area contributed by atoms with E-state index < -0.39 is 5.91 Å². The van der Waals surface area contributed by atoms with Gasteiger partial charge in [-0.05, 0) is 37.0 Å². The molecule has 0 radical (unpaired) electrons. The van der Waals surface area contributed by atoms with Gasteiger partial charge in [0.25, 0.3) is 5.91 Å². The van der Waals surface area contributed by atoms with Crippen LogP contribution in [0.2, 0.25) is 0 Å². The van der Waals surface area contributed by atoms with Gasteiger partial charge in [0.1, 0.15) is 10.8 Å². The third-order valence-corrected chi connectivity index (χ3v) is 7.57. The third kappa shape index (κ3) is 4.44. The number of primary amides is 1. The zero-order chi connectivity index (χ0) is 22.8. The summed E-state index contributed by atoms with van der Waals surface area (Å²) in [4.78, 5) is 25.9. The Balaban J connectivity index is 1.34. The van der Waals surface area contributed by atoms with Crippen LogP contribution in [0.25, 0.3) is 11.4 Å². The van der Waals surface area contributed by atoms with Gasteiger partial charge in [-0.25, -0.2) is 0 Å². The van der Waals surface area contributed by atoms with Crippen LogP contribution in [0.15, 0.2) is 58.3 Å². The van der Waals surface area contributed by atoms with Gasteiger partial charge < -0.3 is 15.5 Å². The summed E-state index contributed by atoms with van der Waals surface area (Å²) in [5.74, 6) is 0.851. The molecule has 0 aliphatic heterocycles. The van der Waals surface area contributed by atoms with E-state index in [1.165, 1.54) is 23.1 Å². The number of benzene rings is 1. The Bertz CT molecular complexity index is 1300. The van der Waals surface area contributed by atoms with E-state index in [-0.39, 0.29) is 11.7 Å². The van der Waals surface area contributed by atoms with Gasteiger partial charge in [0, 0.05) is 10.4 Å². The molecule has 2 amide bonds. The van der Waals surface area contributed by atoms with Crippen molar-refractivity contribution in [1.82, 2.24) is 14.8 Å². The van der Waals surface area contributed by atoms with Crippen molar-refractivity contribution in [3.8, 4) is 11.4 Å². The van der Waals surface area contributed by atoms with Crippen LogP contribution in [0.5, 0.6) is 0 Å². The first-order valence-electron chi connectivity index (χ1n) is 10.5. The van der Waals surface area contributed by atoms with Crippen LogP contribution in [0.3, 0.4) is 0 Å². The molecule has 1 aliphatic carbocycles. The summed E-state index contributed by atoms with van der Waals surface area (Å²) in [5.41, 5.74) is 7.96. The highest BCUT2D eigenvalue weighted by molar-refractivity contribution is 7.99. The van der Waals surface area contributed by atoms with Crippen LogP contribution in [0.4, 0.5) is 5.00 Å². The first-order chi connectivity index (χ1) is 16.1. The second-order valence-electron chi connectivity index (χ2n) is 7.60. The van der Waals surface area contributed by atoms with Gasteiger partial charge in [0.2, 0.25) is 5.91 Å². The molecule has 4 aromatic rings. The van der Waals surface area contributed by atoms with Crippen LogP contribution in [0, 0.1) is 0 Å². The van der Waals surface area contributed by atoms with Crippen molar-refractivity contribution < 1.29 is 14.0 Å². The molecule has 1 aliphatic rings. The summed E-state index contributed by atoms with van der Waals surface area (Å²) in [5, 5.41) is 12.7. The minimum Gasteiger partial charge on any atom is -0.467 e. The molecule has 1 aromatic carbocycles. The number of aromatic nitrogens is 3. The number of anilines is 1. The van der Waals surface area contributed by atoms with E-state index >= 15 is 0 Å². The Kier molecular flexibility index (Phi) is 6.01. The smallest absolute Gasteiger partial charge is 0.251 e. The summed E-state index contributed by atoms with van der Waals surface area (Å²) in [6.07, 6.45) is 4.38. The number of rotatable bonds is 8. The molecule has 3 aromatic heterocycles. The highest BCUT2D eigenvalue weighted by atomic mass is 32.2. The number of hydrogen-bond acceptors (Lipinski definition) is 7. The Hall–Kier alpha value is -3.37. The average Bonchev–Trinajstić information content (AvgIpc) is 3.58. The van der Waals surface area contributed by atoms with Gasteiger partial charge in [0.05, 0.1) is 24.1 Å². The van der Waals surface area contributed by atoms with Gasteiger partial charge in [-0.1, -0.05) is 42.1 Å². The van der Waals surface area contributed by atoms with Gasteiger partial charge >= 0.3 is 0 Å². The standard InChI is InChI=1S/C23H21N5O3S2/c24-20(30)19-16-9-4-10-17(16)33-22(19)25-18(29)13-32-23-27-26-21(14-6-2-1-3-7-14)28(23)12-15-8-5-11-31-15/h1-3,5-8,11H,4,9-10,12-13H2,(H2,24,30)(H,25,29). The fraction of sp³-hybridized carbons (Fsp3) is 0.217. The fourth-order valence-corrected chi connectivity index (χ4v) is 5.99. The SMILES string of the molecule is NC(=O)c1c(NC(=O)CSc2nnc(-c3ccccc3)n2Cc2ccco2)sc2c1CCC2. The van der Waals surface area contributed by atoms with Crippen molar-refractivity contribution >= 4 is 39.9 Å². The van der Waals surface area contributed by atoms with Crippen molar-refractivity contribution in [2.45, 2.75) is 31.0 Å². The molecule has 0 bridgehead atoms. The Morgan fingerprint density at radius 2 is 2.00 bits per heavy atom. The van der Waals surface area contributed by atoms with Crippen LogP contribution < -0.4 is 11.1 Å². The van der Waals surface area contributed by atoms with Gasteiger partial charge in [0.15, 0.2) is 11.0 Å². The van der Waals surface area contributed by atoms with Crippen LogP contribution >= 0.6 is 23.1 Å². The Morgan fingerprint density at radius 1 is 1.15 bits per heavy atom. The molecule has 8 nitrogen and oxygen atoms in total. The molecule has 3 heterocycles. The minimum absolute atomic E-state index is 0.117. The van der Waals surface area contributed by atoms with Crippen molar-refractivity contribution in [2.24, 2.45) is 5.73 Å². The maximum Gasteiger partial charge on any atom is 0.251 e. The molecule has 0 atom stereocenters. The van der Waals surface area contributed by atoms with Gasteiger partial charge in [-0.2, -0.15) is 0 Å². The van der Waals surface area contributed by atoms with E-state index in [9.17, 15) is 9.59 Å². The molecular weight excluding hydrogens is 458 g/mol. The van der Waals surface area contributed by atoms with Gasteiger partial charge in [-0.15, -0.1) is 21.5 Å². The normalized spacial score (nSPS) is 12.6. The first-order valence-corrected chi connectivity index (χ1v) is 12.3. The first kappa shape index (κ1) is 21.5. The quantitative estimate of drug-likeness (QED) is 0.370. The van der Waals surface area contributed by atoms with E-state index in [0.717, 1.165) is 41.0 Å². The number of amides is 2. The number of nitrogens with zero attached hydrogens (tertiary/aromatic N) is 3.